The van der Waals surface area contributed by atoms with E-state index in [2.05, 4.69) is 0 Å². The van der Waals surface area contributed by atoms with Gasteiger partial charge in [0.1, 0.15) is 0 Å². The Morgan fingerprint density at radius 3 is 2.76 bits per heavy atom. The van der Waals surface area contributed by atoms with Gasteiger partial charge in [0.05, 0.1) is 44.9 Å². The minimum atomic E-state index is -0.908. The van der Waals surface area contributed by atoms with Crippen molar-refractivity contribution in [1.29, 1.82) is 0 Å². The summed E-state index contributed by atoms with van der Waals surface area (Å²) in [6, 6.07) is 0. The topological polar surface area (TPSA) is 85.3 Å². The molecule has 2 rings (SSSR count). The zero-order valence-corrected chi connectivity index (χ0v) is 12.2. The molecule has 0 saturated carbocycles. The summed E-state index contributed by atoms with van der Waals surface area (Å²) in [6.07, 6.45) is 2.10. The molecule has 0 aliphatic carbocycles. The summed E-state index contributed by atoms with van der Waals surface area (Å²) in [5, 5.41) is 8.75. The lowest BCUT2D eigenvalue weighted by Gasteiger charge is -2.32. The predicted molar refractivity (Wildman–Crippen MR) is 73.0 cm³/mol. The largest absolute Gasteiger partial charge is 0.481 e. The normalized spacial score (nSPS) is 26.0. The first-order valence-corrected chi connectivity index (χ1v) is 7.45. The van der Waals surface area contributed by atoms with E-state index in [0.717, 1.165) is 19.4 Å². The summed E-state index contributed by atoms with van der Waals surface area (Å²) < 4.78 is 16.2. The van der Waals surface area contributed by atoms with E-state index >= 15 is 0 Å². The van der Waals surface area contributed by atoms with E-state index in [9.17, 15) is 9.59 Å². The average Bonchev–Trinajstić information content (AvgIpc) is 2.96. The van der Waals surface area contributed by atoms with Crippen LogP contribution in [0.5, 0.6) is 0 Å². The number of aliphatic carboxylic acids is 1. The standard InChI is InChI=1S/C14H23NO6/c16-13(3-6-19-10-11-2-1-5-20-11)15-4-7-21-12(9-15)8-14(17)18/h11-12H,1-10H2,(H,17,18). The van der Waals surface area contributed by atoms with E-state index in [0.29, 0.717) is 39.3 Å². The molecule has 1 N–H and O–H groups in total. The van der Waals surface area contributed by atoms with Gasteiger partial charge in [-0.15, -0.1) is 0 Å². The monoisotopic (exact) mass is 301 g/mol. The van der Waals surface area contributed by atoms with E-state index in [1.807, 2.05) is 0 Å². The van der Waals surface area contributed by atoms with E-state index in [-0.39, 0.29) is 18.4 Å². The van der Waals surface area contributed by atoms with E-state index in [1.54, 1.807) is 4.90 Å². The van der Waals surface area contributed by atoms with Gasteiger partial charge in [-0.1, -0.05) is 0 Å². The molecule has 0 aromatic heterocycles. The Morgan fingerprint density at radius 1 is 1.24 bits per heavy atom. The third-order valence-corrected chi connectivity index (χ3v) is 3.68. The number of rotatable bonds is 7. The predicted octanol–water partition coefficient (Wildman–Crippen LogP) is 0.274. The number of carboxylic acid groups (broad SMARTS) is 1. The summed E-state index contributed by atoms with van der Waals surface area (Å²) in [7, 11) is 0. The molecular weight excluding hydrogens is 278 g/mol. The summed E-state index contributed by atoms with van der Waals surface area (Å²) in [4.78, 5) is 24.4. The third-order valence-electron chi connectivity index (χ3n) is 3.68. The highest BCUT2D eigenvalue weighted by atomic mass is 16.5. The van der Waals surface area contributed by atoms with Gasteiger partial charge in [-0.3, -0.25) is 9.59 Å². The van der Waals surface area contributed by atoms with Gasteiger partial charge in [0, 0.05) is 19.7 Å². The fraction of sp³-hybridized carbons (Fsp3) is 0.857. The molecule has 2 atom stereocenters. The van der Waals surface area contributed by atoms with Crippen LogP contribution in [0.2, 0.25) is 0 Å². The van der Waals surface area contributed by atoms with Crippen LogP contribution in [0.1, 0.15) is 25.7 Å². The van der Waals surface area contributed by atoms with Crippen LogP contribution < -0.4 is 0 Å². The number of nitrogens with zero attached hydrogens (tertiary/aromatic N) is 1. The Hall–Kier alpha value is -1.18. The molecule has 7 heteroatoms. The van der Waals surface area contributed by atoms with Crippen molar-refractivity contribution in [3.8, 4) is 0 Å². The first-order chi connectivity index (χ1) is 10.1. The minimum absolute atomic E-state index is 0.0129. The Balaban J connectivity index is 1.61. The van der Waals surface area contributed by atoms with Crippen molar-refractivity contribution in [3.63, 3.8) is 0 Å². The molecule has 21 heavy (non-hydrogen) atoms. The molecule has 0 aromatic carbocycles. The van der Waals surface area contributed by atoms with Gasteiger partial charge in [-0.05, 0) is 12.8 Å². The molecular formula is C14H23NO6. The summed E-state index contributed by atoms with van der Waals surface area (Å²) in [5.74, 6) is -0.921. The average molecular weight is 301 g/mol. The molecule has 2 aliphatic heterocycles. The number of ether oxygens (including phenoxy) is 3. The van der Waals surface area contributed by atoms with Crippen molar-refractivity contribution >= 4 is 11.9 Å². The van der Waals surface area contributed by atoms with Crippen LogP contribution in [-0.2, 0) is 23.8 Å². The first-order valence-electron chi connectivity index (χ1n) is 7.45. The molecule has 7 nitrogen and oxygen atoms in total. The number of hydrogen-bond acceptors (Lipinski definition) is 5. The van der Waals surface area contributed by atoms with Crippen LogP contribution in [0.3, 0.4) is 0 Å². The summed E-state index contributed by atoms with van der Waals surface area (Å²) >= 11 is 0. The Labute approximate surface area is 124 Å². The third kappa shape index (κ3) is 5.61. The lowest BCUT2D eigenvalue weighted by atomic mass is 10.2. The second-order valence-corrected chi connectivity index (χ2v) is 5.39. The van der Waals surface area contributed by atoms with Gasteiger partial charge in [0.25, 0.3) is 0 Å². The molecule has 2 aliphatic rings. The van der Waals surface area contributed by atoms with Gasteiger partial charge in [0.2, 0.25) is 5.91 Å². The number of morpholine rings is 1. The molecule has 0 spiro atoms. The maximum absolute atomic E-state index is 12.0. The van der Waals surface area contributed by atoms with Crippen LogP contribution in [0.4, 0.5) is 0 Å². The lowest BCUT2D eigenvalue weighted by molar-refractivity contribution is -0.148. The zero-order valence-electron chi connectivity index (χ0n) is 12.2. The second kappa shape index (κ2) is 8.31. The maximum atomic E-state index is 12.0. The molecule has 2 saturated heterocycles. The smallest absolute Gasteiger partial charge is 0.306 e. The molecule has 2 fully saturated rings. The summed E-state index contributed by atoms with van der Waals surface area (Å²) in [6.45, 7) is 2.96. The van der Waals surface area contributed by atoms with Gasteiger partial charge < -0.3 is 24.2 Å². The lowest BCUT2D eigenvalue weighted by Crippen LogP contribution is -2.46. The first kappa shape index (κ1) is 16.2. The Kier molecular flexibility index (Phi) is 6.41. The van der Waals surface area contributed by atoms with E-state index < -0.39 is 12.1 Å². The molecule has 1 amide bonds. The van der Waals surface area contributed by atoms with Gasteiger partial charge in [-0.2, -0.15) is 0 Å². The minimum Gasteiger partial charge on any atom is -0.481 e. The van der Waals surface area contributed by atoms with Gasteiger partial charge in [0.15, 0.2) is 0 Å². The van der Waals surface area contributed by atoms with Crippen LogP contribution in [0.15, 0.2) is 0 Å². The van der Waals surface area contributed by atoms with Crippen molar-refractivity contribution in [2.75, 3.05) is 39.5 Å². The van der Waals surface area contributed by atoms with Crippen molar-refractivity contribution in [1.82, 2.24) is 4.90 Å². The zero-order chi connectivity index (χ0) is 15.1. The quantitative estimate of drug-likeness (QED) is 0.680. The summed E-state index contributed by atoms with van der Waals surface area (Å²) in [5.41, 5.74) is 0. The van der Waals surface area contributed by atoms with Crippen molar-refractivity contribution in [2.24, 2.45) is 0 Å². The Morgan fingerprint density at radius 2 is 2.05 bits per heavy atom. The second-order valence-electron chi connectivity index (χ2n) is 5.39. The highest BCUT2D eigenvalue weighted by Crippen LogP contribution is 2.13. The molecule has 0 bridgehead atoms. The van der Waals surface area contributed by atoms with Crippen LogP contribution in [0.25, 0.3) is 0 Å². The molecule has 0 aromatic rings. The molecule has 120 valence electrons. The molecule has 2 unspecified atom stereocenters. The fourth-order valence-corrected chi connectivity index (χ4v) is 2.57. The highest BCUT2D eigenvalue weighted by molar-refractivity contribution is 5.76. The van der Waals surface area contributed by atoms with Gasteiger partial charge in [-0.25, -0.2) is 0 Å². The number of hydrogen-bond donors (Lipinski definition) is 1. The van der Waals surface area contributed by atoms with Crippen LogP contribution in [0, 0.1) is 0 Å². The van der Waals surface area contributed by atoms with Crippen molar-refractivity contribution in [2.45, 2.75) is 37.9 Å². The van der Waals surface area contributed by atoms with Gasteiger partial charge >= 0.3 is 5.97 Å². The van der Waals surface area contributed by atoms with E-state index in [1.165, 1.54) is 0 Å². The number of carbonyl (C=O) groups is 2. The van der Waals surface area contributed by atoms with Crippen LogP contribution >= 0.6 is 0 Å². The highest BCUT2D eigenvalue weighted by Gasteiger charge is 2.25. The molecule has 2 heterocycles. The van der Waals surface area contributed by atoms with Crippen LogP contribution in [-0.4, -0.2) is 73.6 Å². The van der Waals surface area contributed by atoms with E-state index in [4.69, 9.17) is 19.3 Å². The SMILES string of the molecule is O=C(O)CC1CN(C(=O)CCOCC2CCCO2)CCO1. The Bertz CT molecular complexity index is 355. The van der Waals surface area contributed by atoms with Crippen molar-refractivity contribution in [3.05, 3.63) is 0 Å². The maximum Gasteiger partial charge on any atom is 0.306 e. The molecule has 0 radical (unpaired) electrons. The number of carbonyl (C=O) groups excluding carboxylic acids is 1. The number of amides is 1. The fourth-order valence-electron chi connectivity index (χ4n) is 2.57. The number of carboxylic acids is 1. The van der Waals surface area contributed by atoms with Crippen molar-refractivity contribution < 1.29 is 28.9 Å².